The second kappa shape index (κ2) is 6.74. The first-order chi connectivity index (χ1) is 10.8. The van der Waals surface area contributed by atoms with E-state index in [9.17, 15) is 9.70 Å². The molecule has 0 N–H and O–H groups in total. The van der Waals surface area contributed by atoms with Gasteiger partial charge in [-0.2, -0.15) is 0 Å². The third kappa shape index (κ3) is 3.36. The highest BCUT2D eigenvalue weighted by Gasteiger charge is 2.34. The maximum atomic E-state index is 12.1. The van der Waals surface area contributed by atoms with Gasteiger partial charge in [0.25, 0.3) is 0 Å². The van der Waals surface area contributed by atoms with Crippen LogP contribution >= 0.6 is 0 Å². The normalized spacial score (nSPS) is 19.6. The lowest BCUT2D eigenvalue weighted by atomic mass is 10.1. The summed E-state index contributed by atoms with van der Waals surface area (Å²) in [7, 11) is 0. The first kappa shape index (κ1) is 14.8. The van der Waals surface area contributed by atoms with Crippen molar-refractivity contribution in [3.8, 4) is 0 Å². The lowest BCUT2D eigenvalue weighted by Crippen LogP contribution is -2.61. The summed E-state index contributed by atoms with van der Waals surface area (Å²) in [5.41, 5.74) is 0.991. The molecule has 3 rings (SSSR count). The molecular weight excluding hydrogens is 284 g/mol. The van der Waals surface area contributed by atoms with E-state index in [0.717, 1.165) is 18.7 Å². The van der Waals surface area contributed by atoms with Gasteiger partial charge in [0, 0.05) is 32.2 Å². The van der Waals surface area contributed by atoms with Crippen molar-refractivity contribution >= 4 is 6.09 Å². The quantitative estimate of drug-likeness (QED) is 0.785. The van der Waals surface area contributed by atoms with E-state index >= 15 is 0 Å². The highest BCUT2D eigenvalue weighted by atomic mass is 16.6. The van der Waals surface area contributed by atoms with Crippen molar-refractivity contribution in [2.45, 2.75) is 12.6 Å². The van der Waals surface area contributed by atoms with Crippen molar-refractivity contribution in [1.82, 2.24) is 14.8 Å². The molecular formula is C15H20N4O3. The van der Waals surface area contributed by atoms with Crippen LogP contribution in [0.2, 0.25) is 0 Å². The van der Waals surface area contributed by atoms with Gasteiger partial charge in [-0.15, -0.1) is 4.91 Å². The zero-order chi connectivity index (χ0) is 15.4. The summed E-state index contributed by atoms with van der Waals surface area (Å²) in [5, 5.41) is 4.43. The minimum absolute atomic E-state index is 0.256. The molecule has 2 saturated heterocycles. The Bertz CT molecular complexity index is 511. The van der Waals surface area contributed by atoms with Gasteiger partial charge in [0.05, 0.1) is 18.4 Å². The second-order valence-corrected chi connectivity index (χ2v) is 5.67. The Morgan fingerprint density at radius 2 is 1.82 bits per heavy atom. The Kier molecular flexibility index (Phi) is 4.53. The predicted octanol–water partition coefficient (Wildman–Crippen LogP) is 1.31. The van der Waals surface area contributed by atoms with Crippen molar-refractivity contribution < 1.29 is 9.53 Å². The first-order valence-electron chi connectivity index (χ1n) is 7.54. The lowest BCUT2D eigenvalue weighted by Gasteiger charge is -2.45. The molecule has 1 aromatic rings. The number of piperazine rings is 1. The van der Waals surface area contributed by atoms with E-state index in [0.29, 0.717) is 38.8 Å². The number of hydrogen-bond donors (Lipinski definition) is 0. The van der Waals surface area contributed by atoms with Gasteiger partial charge < -0.3 is 9.64 Å². The van der Waals surface area contributed by atoms with Crippen LogP contribution in [0, 0.1) is 4.91 Å². The van der Waals surface area contributed by atoms with Crippen molar-refractivity contribution in [3.05, 3.63) is 40.8 Å². The predicted molar refractivity (Wildman–Crippen MR) is 80.9 cm³/mol. The number of ether oxygens (including phenoxy) is 1. The summed E-state index contributed by atoms with van der Waals surface area (Å²) in [6.45, 7) is 4.67. The fourth-order valence-electron chi connectivity index (χ4n) is 2.81. The number of amides is 1. The van der Waals surface area contributed by atoms with Crippen LogP contribution in [0.25, 0.3) is 0 Å². The summed E-state index contributed by atoms with van der Waals surface area (Å²) in [4.78, 5) is 26.4. The molecule has 0 saturated carbocycles. The molecule has 1 amide bonds. The van der Waals surface area contributed by atoms with Crippen LogP contribution in [0.15, 0.2) is 35.6 Å². The van der Waals surface area contributed by atoms with E-state index in [1.807, 2.05) is 30.3 Å². The minimum atomic E-state index is -0.256. The average Bonchev–Trinajstić information content (AvgIpc) is 2.53. The molecule has 0 atom stereocenters. The van der Waals surface area contributed by atoms with Gasteiger partial charge in [-0.05, 0) is 5.56 Å². The zero-order valence-corrected chi connectivity index (χ0v) is 12.4. The van der Waals surface area contributed by atoms with Gasteiger partial charge in [0.2, 0.25) is 0 Å². The van der Waals surface area contributed by atoms with E-state index in [1.54, 1.807) is 4.90 Å². The Morgan fingerprint density at radius 3 is 2.45 bits per heavy atom. The second-order valence-electron chi connectivity index (χ2n) is 5.67. The highest BCUT2D eigenvalue weighted by molar-refractivity contribution is 5.67. The van der Waals surface area contributed by atoms with Crippen LogP contribution in [-0.4, -0.2) is 66.2 Å². The van der Waals surface area contributed by atoms with E-state index < -0.39 is 0 Å². The number of benzene rings is 1. The van der Waals surface area contributed by atoms with Crippen LogP contribution in [0.3, 0.4) is 0 Å². The monoisotopic (exact) mass is 304 g/mol. The summed E-state index contributed by atoms with van der Waals surface area (Å²) in [6, 6.07) is 10.1. The molecule has 118 valence electrons. The molecule has 0 spiro atoms. The Balaban J connectivity index is 1.39. The van der Waals surface area contributed by atoms with Crippen LogP contribution < -0.4 is 0 Å². The van der Waals surface area contributed by atoms with E-state index in [-0.39, 0.29) is 6.09 Å². The van der Waals surface area contributed by atoms with Crippen LogP contribution in [0.1, 0.15) is 5.56 Å². The van der Waals surface area contributed by atoms with Crippen LogP contribution in [-0.2, 0) is 11.3 Å². The maximum Gasteiger partial charge on any atom is 0.410 e. The molecule has 2 heterocycles. The summed E-state index contributed by atoms with van der Waals surface area (Å²) >= 11 is 0. The number of nitroso groups, excluding NO2 is 1. The van der Waals surface area contributed by atoms with Gasteiger partial charge in [0.15, 0.2) is 0 Å². The molecule has 1 aromatic carbocycles. The molecule has 2 aliphatic rings. The van der Waals surface area contributed by atoms with Gasteiger partial charge in [-0.1, -0.05) is 30.3 Å². The number of nitrogens with zero attached hydrogens (tertiary/aromatic N) is 4. The van der Waals surface area contributed by atoms with Crippen molar-refractivity contribution in [2.24, 2.45) is 5.29 Å². The molecule has 2 fully saturated rings. The van der Waals surface area contributed by atoms with Gasteiger partial charge in [-0.25, -0.2) is 4.79 Å². The van der Waals surface area contributed by atoms with Crippen molar-refractivity contribution in [1.29, 1.82) is 0 Å². The van der Waals surface area contributed by atoms with Crippen molar-refractivity contribution in [2.75, 3.05) is 39.3 Å². The maximum absolute atomic E-state index is 12.1. The summed E-state index contributed by atoms with van der Waals surface area (Å²) in [5.74, 6) is 0. The topological polar surface area (TPSA) is 65.5 Å². The molecule has 22 heavy (non-hydrogen) atoms. The molecule has 0 aromatic heterocycles. The van der Waals surface area contributed by atoms with Crippen LogP contribution in [0.5, 0.6) is 0 Å². The Labute approximate surface area is 129 Å². The number of carbonyl (C=O) groups excluding carboxylic acids is 1. The fourth-order valence-corrected chi connectivity index (χ4v) is 2.81. The molecule has 2 aliphatic heterocycles. The molecule has 0 aliphatic carbocycles. The molecule has 0 unspecified atom stereocenters. The smallest absolute Gasteiger partial charge is 0.410 e. The third-order valence-electron chi connectivity index (χ3n) is 4.25. The Morgan fingerprint density at radius 1 is 1.14 bits per heavy atom. The number of carbonyl (C=O) groups is 1. The van der Waals surface area contributed by atoms with Gasteiger partial charge in [0.1, 0.15) is 6.61 Å². The largest absolute Gasteiger partial charge is 0.445 e. The van der Waals surface area contributed by atoms with Crippen LogP contribution in [0.4, 0.5) is 4.79 Å². The number of hydrogen-bond acceptors (Lipinski definition) is 5. The number of rotatable bonds is 4. The third-order valence-corrected chi connectivity index (χ3v) is 4.25. The minimum Gasteiger partial charge on any atom is -0.445 e. The van der Waals surface area contributed by atoms with E-state index in [2.05, 4.69) is 10.2 Å². The van der Waals surface area contributed by atoms with E-state index in [1.165, 1.54) is 5.01 Å². The standard InChI is InChI=1S/C15H20N4O3/c20-15(22-12-13-4-2-1-3-5-13)18-8-6-17(7-9-18)14-10-19(11-14)16-21/h1-5,14H,6-12H2. The molecule has 7 heteroatoms. The molecule has 0 bridgehead atoms. The van der Waals surface area contributed by atoms with Crippen molar-refractivity contribution in [3.63, 3.8) is 0 Å². The molecule has 0 radical (unpaired) electrons. The SMILES string of the molecule is O=NN1CC(N2CCN(C(=O)OCc3ccccc3)CC2)C1. The van der Waals surface area contributed by atoms with Gasteiger partial charge in [-0.3, -0.25) is 9.91 Å². The Hall–Kier alpha value is -2.15. The van der Waals surface area contributed by atoms with Gasteiger partial charge >= 0.3 is 6.09 Å². The average molecular weight is 304 g/mol. The summed E-state index contributed by atoms with van der Waals surface area (Å²) < 4.78 is 5.34. The van der Waals surface area contributed by atoms with E-state index in [4.69, 9.17) is 4.74 Å². The lowest BCUT2D eigenvalue weighted by molar-refractivity contribution is 0.00299. The summed E-state index contributed by atoms with van der Waals surface area (Å²) in [6.07, 6.45) is -0.256. The first-order valence-corrected chi connectivity index (χ1v) is 7.54. The highest BCUT2D eigenvalue weighted by Crippen LogP contribution is 2.17. The fraction of sp³-hybridized carbons (Fsp3) is 0.533. The molecule has 7 nitrogen and oxygen atoms in total. The zero-order valence-electron chi connectivity index (χ0n) is 12.4.